The lowest BCUT2D eigenvalue weighted by molar-refractivity contribution is 0.554. The van der Waals surface area contributed by atoms with E-state index in [1.807, 2.05) is 11.7 Å². The summed E-state index contributed by atoms with van der Waals surface area (Å²) < 4.78 is 1.91. The van der Waals surface area contributed by atoms with Crippen molar-refractivity contribution in [3.05, 3.63) is 41.7 Å². The van der Waals surface area contributed by atoms with Gasteiger partial charge in [0.1, 0.15) is 0 Å². The third kappa shape index (κ3) is 2.26. The van der Waals surface area contributed by atoms with E-state index in [-0.39, 0.29) is 5.41 Å². The van der Waals surface area contributed by atoms with E-state index in [4.69, 9.17) is 0 Å². The minimum atomic E-state index is 0.0683. The number of rotatable bonds is 1. The number of benzene rings is 1. The van der Waals surface area contributed by atoms with Gasteiger partial charge in [-0.25, -0.2) is 0 Å². The van der Waals surface area contributed by atoms with Gasteiger partial charge in [0.15, 0.2) is 0 Å². The third-order valence-corrected chi connectivity index (χ3v) is 2.97. The van der Waals surface area contributed by atoms with E-state index in [0.29, 0.717) is 0 Å². The van der Waals surface area contributed by atoms with Gasteiger partial charge in [-0.3, -0.25) is 4.68 Å². The zero-order valence-corrected chi connectivity index (χ0v) is 11.3. The predicted octanol–water partition coefficient (Wildman–Crippen LogP) is 3.69. The molecule has 0 amide bonds. The van der Waals surface area contributed by atoms with Crippen LogP contribution in [-0.2, 0) is 12.5 Å². The zero-order valence-electron chi connectivity index (χ0n) is 11.3. The normalized spacial score (nSPS) is 11.8. The summed E-state index contributed by atoms with van der Waals surface area (Å²) in [5, 5.41) is 4.62. The quantitative estimate of drug-likeness (QED) is 0.728. The van der Waals surface area contributed by atoms with Crippen molar-refractivity contribution in [1.29, 1.82) is 0 Å². The number of aromatic nitrogens is 2. The van der Waals surface area contributed by atoms with Crippen LogP contribution >= 0.6 is 0 Å². The van der Waals surface area contributed by atoms with Crippen LogP contribution in [0.5, 0.6) is 0 Å². The van der Waals surface area contributed by atoms with Crippen molar-refractivity contribution in [2.24, 2.45) is 7.05 Å². The minimum absolute atomic E-state index is 0.0683. The van der Waals surface area contributed by atoms with Crippen LogP contribution in [0, 0.1) is 6.92 Å². The fourth-order valence-electron chi connectivity index (χ4n) is 2.11. The van der Waals surface area contributed by atoms with Crippen LogP contribution in [-0.4, -0.2) is 9.78 Å². The Morgan fingerprint density at radius 1 is 1.06 bits per heavy atom. The Balaban J connectivity index is 2.64. The molecule has 0 saturated heterocycles. The van der Waals surface area contributed by atoms with E-state index < -0.39 is 0 Å². The standard InChI is InChI=1S/C15H20N2/c1-11-8-6-7-9-12(11)13-10-17(5)16-14(13)15(2,3)4/h6-10H,1-5H3. The molecule has 2 rings (SSSR count). The highest BCUT2D eigenvalue weighted by Crippen LogP contribution is 2.33. The first-order chi connectivity index (χ1) is 7.89. The first kappa shape index (κ1) is 11.9. The molecule has 0 aliphatic heterocycles. The van der Waals surface area contributed by atoms with E-state index in [0.717, 1.165) is 5.69 Å². The number of aryl methyl sites for hydroxylation is 2. The van der Waals surface area contributed by atoms with Crippen LogP contribution in [0.15, 0.2) is 30.5 Å². The topological polar surface area (TPSA) is 17.8 Å². The van der Waals surface area contributed by atoms with Gasteiger partial charge in [0.25, 0.3) is 0 Å². The van der Waals surface area contributed by atoms with Crippen LogP contribution in [0.25, 0.3) is 11.1 Å². The molecule has 0 spiro atoms. The number of hydrogen-bond donors (Lipinski definition) is 0. The van der Waals surface area contributed by atoms with Crippen LogP contribution < -0.4 is 0 Å². The second-order valence-electron chi connectivity index (χ2n) is 5.63. The molecule has 17 heavy (non-hydrogen) atoms. The second-order valence-corrected chi connectivity index (χ2v) is 5.63. The van der Waals surface area contributed by atoms with E-state index >= 15 is 0 Å². The zero-order chi connectivity index (χ0) is 12.6. The van der Waals surface area contributed by atoms with Gasteiger partial charge in [-0.1, -0.05) is 45.0 Å². The minimum Gasteiger partial charge on any atom is -0.275 e. The van der Waals surface area contributed by atoms with Gasteiger partial charge in [-0.05, 0) is 18.1 Å². The van der Waals surface area contributed by atoms with Gasteiger partial charge in [0.05, 0.1) is 5.69 Å². The Bertz CT molecular complexity index is 530. The van der Waals surface area contributed by atoms with E-state index in [2.05, 4.69) is 63.3 Å². The van der Waals surface area contributed by atoms with Crippen molar-refractivity contribution < 1.29 is 0 Å². The maximum Gasteiger partial charge on any atom is 0.0756 e. The maximum atomic E-state index is 4.62. The first-order valence-corrected chi connectivity index (χ1v) is 6.00. The molecule has 2 heteroatoms. The van der Waals surface area contributed by atoms with Crippen LogP contribution in [0.1, 0.15) is 32.0 Å². The Hall–Kier alpha value is -1.57. The van der Waals surface area contributed by atoms with Gasteiger partial charge in [-0.15, -0.1) is 0 Å². The molecule has 0 aliphatic carbocycles. The molecule has 0 saturated carbocycles. The van der Waals surface area contributed by atoms with Crippen molar-refractivity contribution in [1.82, 2.24) is 9.78 Å². The molecular weight excluding hydrogens is 208 g/mol. The van der Waals surface area contributed by atoms with E-state index in [9.17, 15) is 0 Å². The number of nitrogens with zero attached hydrogens (tertiary/aromatic N) is 2. The molecule has 1 heterocycles. The van der Waals surface area contributed by atoms with Crippen molar-refractivity contribution in [2.75, 3.05) is 0 Å². The molecular formula is C15H20N2. The lowest BCUT2D eigenvalue weighted by atomic mass is 9.86. The molecule has 1 aromatic carbocycles. The summed E-state index contributed by atoms with van der Waals surface area (Å²) in [5.74, 6) is 0. The lowest BCUT2D eigenvalue weighted by Gasteiger charge is -2.18. The summed E-state index contributed by atoms with van der Waals surface area (Å²) in [6.07, 6.45) is 2.11. The Labute approximate surface area is 103 Å². The van der Waals surface area contributed by atoms with Gasteiger partial charge in [-0.2, -0.15) is 5.10 Å². The maximum absolute atomic E-state index is 4.62. The molecule has 90 valence electrons. The third-order valence-electron chi connectivity index (χ3n) is 2.97. The van der Waals surface area contributed by atoms with Gasteiger partial charge in [0.2, 0.25) is 0 Å². The highest BCUT2D eigenvalue weighted by atomic mass is 15.3. The molecule has 0 atom stereocenters. The van der Waals surface area contributed by atoms with Crippen LogP contribution in [0.4, 0.5) is 0 Å². The van der Waals surface area contributed by atoms with Crippen LogP contribution in [0.3, 0.4) is 0 Å². The average molecular weight is 228 g/mol. The lowest BCUT2D eigenvalue weighted by Crippen LogP contribution is -2.13. The van der Waals surface area contributed by atoms with Crippen LogP contribution in [0.2, 0.25) is 0 Å². The predicted molar refractivity (Wildman–Crippen MR) is 72.1 cm³/mol. The molecule has 0 N–H and O–H groups in total. The smallest absolute Gasteiger partial charge is 0.0756 e. The largest absolute Gasteiger partial charge is 0.275 e. The molecule has 1 aromatic heterocycles. The van der Waals surface area contributed by atoms with Crippen molar-refractivity contribution in [2.45, 2.75) is 33.1 Å². The molecule has 0 bridgehead atoms. The second kappa shape index (κ2) is 4.02. The monoisotopic (exact) mass is 228 g/mol. The van der Waals surface area contributed by atoms with E-state index in [1.54, 1.807) is 0 Å². The Morgan fingerprint density at radius 2 is 1.71 bits per heavy atom. The summed E-state index contributed by atoms with van der Waals surface area (Å²) in [6.45, 7) is 8.76. The van der Waals surface area contributed by atoms with E-state index in [1.165, 1.54) is 16.7 Å². The molecule has 0 unspecified atom stereocenters. The molecule has 2 nitrogen and oxygen atoms in total. The summed E-state index contributed by atoms with van der Waals surface area (Å²) in [5.41, 5.74) is 5.06. The SMILES string of the molecule is Cc1ccccc1-c1cn(C)nc1C(C)(C)C. The Morgan fingerprint density at radius 3 is 2.29 bits per heavy atom. The van der Waals surface area contributed by atoms with Crippen molar-refractivity contribution in [3.8, 4) is 11.1 Å². The van der Waals surface area contributed by atoms with Crippen molar-refractivity contribution in [3.63, 3.8) is 0 Å². The molecule has 0 aliphatic rings. The fraction of sp³-hybridized carbons (Fsp3) is 0.400. The van der Waals surface area contributed by atoms with Crippen molar-refractivity contribution >= 4 is 0 Å². The highest BCUT2D eigenvalue weighted by Gasteiger charge is 2.23. The number of hydrogen-bond acceptors (Lipinski definition) is 1. The van der Waals surface area contributed by atoms with Gasteiger partial charge >= 0.3 is 0 Å². The first-order valence-electron chi connectivity index (χ1n) is 6.00. The molecule has 0 radical (unpaired) electrons. The summed E-state index contributed by atoms with van der Waals surface area (Å²) in [7, 11) is 1.98. The molecule has 2 aromatic rings. The Kier molecular flexibility index (Phi) is 2.82. The summed E-state index contributed by atoms with van der Waals surface area (Å²) >= 11 is 0. The average Bonchev–Trinajstić information content (AvgIpc) is 2.60. The fourth-order valence-corrected chi connectivity index (χ4v) is 2.11. The highest BCUT2D eigenvalue weighted by molar-refractivity contribution is 5.69. The molecule has 0 fully saturated rings. The summed E-state index contributed by atoms with van der Waals surface area (Å²) in [6, 6.07) is 8.48. The van der Waals surface area contributed by atoms with Gasteiger partial charge in [0, 0.05) is 24.2 Å². The summed E-state index contributed by atoms with van der Waals surface area (Å²) in [4.78, 5) is 0. The van der Waals surface area contributed by atoms with Gasteiger partial charge < -0.3 is 0 Å².